The molecule has 0 radical (unpaired) electrons. The van der Waals surface area contributed by atoms with Gasteiger partial charge in [0.25, 0.3) is 0 Å². The zero-order valence-corrected chi connectivity index (χ0v) is 7.43. The van der Waals surface area contributed by atoms with Crippen LogP contribution in [0.25, 0.3) is 0 Å². The summed E-state index contributed by atoms with van der Waals surface area (Å²) in [6, 6.07) is 0. The topological polar surface area (TPSA) is 15.3 Å². The number of rotatable bonds is 2. The number of nitrogens with one attached hydrogen (secondary N) is 1. The molecule has 0 aliphatic carbocycles. The first-order valence-corrected chi connectivity index (χ1v) is 4.92. The van der Waals surface area contributed by atoms with Gasteiger partial charge in [0.15, 0.2) is 0 Å². The highest BCUT2D eigenvalue weighted by molar-refractivity contribution is 4.80. The van der Waals surface area contributed by atoms with E-state index in [9.17, 15) is 4.39 Å². The van der Waals surface area contributed by atoms with Crippen molar-refractivity contribution in [1.82, 2.24) is 10.2 Å². The minimum atomic E-state index is -0.556. The van der Waals surface area contributed by atoms with Gasteiger partial charge >= 0.3 is 0 Å². The lowest BCUT2D eigenvalue weighted by atomic mass is 10.1. The molecule has 0 amide bonds. The molecule has 0 saturated carbocycles. The molecule has 2 aliphatic heterocycles. The Labute approximate surface area is 73.1 Å². The van der Waals surface area contributed by atoms with Crippen LogP contribution in [-0.2, 0) is 0 Å². The largest absolute Gasteiger partial charge is 0.316 e. The molecule has 2 atom stereocenters. The van der Waals surface area contributed by atoms with Gasteiger partial charge in [-0.25, -0.2) is 4.39 Å². The second kappa shape index (κ2) is 3.71. The van der Waals surface area contributed by atoms with Crippen molar-refractivity contribution in [3.63, 3.8) is 0 Å². The Morgan fingerprint density at radius 2 is 2.33 bits per heavy atom. The molecule has 0 aromatic rings. The third kappa shape index (κ3) is 1.96. The molecule has 2 rings (SSSR count). The van der Waals surface area contributed by atoms with Crippen molar-refractivity contribution in [2.45, 2.75) is 19.0 Å². The molecule has 0 aromatic carbocycles. The first kappa shape index (κ1) is 8.45. The molecule has 3 heteroatoms. The highest BCUT2D eigenvalue weighted by atomic mass is 19.1. The average molecular weight is 172 g/mol. The molecule has 12 heavy (non-hydrogen) atoms. The summed E-state index contributed by atoms with van der Waals surface area (Å²) < 4.78 is 12.8. The normalized spacial score (nSPS) is 37.8. The minimum absolute atomic E-state index is 0.556. The van der Waals surface area contributed by atoms with Gasteiger partial charge in [-0.3, -0.25) is 0 Å². The van der Waals surface area contributed by atoms with Crippen molar-refractivity contribution in [2.24, 2.45) is 5.92 Å². The van der Waals surface area contributed by atoms with Crippen LogP contribution in [0.3, 0.4) is 0 Å². The number of hydrogen-bond acceptors (Lipinski definition) is 2. The molecule has 0 spiro atoms. The van der Waals surface area contributed by atoms with Gasteiger partial charge in [-0.2, -0.15) is 0 Å². The fourth-order valence-corrected chi connectivity index (χ4v) is 2.19. The molecule has 2 nitrogen and oxygen atoms in total. The van der Waals surface area contributed by atoms with Crippen LogP contribution in [0, 0.1) is 5.92 Å². The Hall–Kier alpha value is -0.150. The van der Waals surface area contributed by atoms with E-state index in [0.29, 0.717) is 6.54 Å². The molecule has 2 aliphatic rings. The lowest BCUT2D eigenvalue weighted by Crippen LogP contribution is -2.28. The third-order valence-electron chi connectivity index (χ3n) is 2.89. The highest BCUT2D eigenvalue weighted by Gasteiger charge is 2.25. The molecule has 1 N–H and O–H groups in total. The molecule has 0 aromatic heterocycles. The second-order valence-corrected chi connectivity index (χ2v) is 4.00. The first-order chi connectivity index (χ1) is 5.84. The molecule has 2 heterocycles. The van der Waals surface area contributed by atoms with Crippen molar-refractivity contribution >= 4 is 0 Å². The lowest BCUT2D eigenvalue weighted by molar-refractivity contribution is 0.257. The summed E-state index contributed by atoms with van der Waals surface area (Å²) in [4.78, 5) is 2.27. The summed E-state index contributed by atoms with van der Waals surface area (Å²) in [5.74, 6) is 0.773. The van der Waals surface area contributed by atoms with Crippen molar-refractivity contribution in [1.29, 1.82) is 0 Å². The van der Waals surface area contributed by atoms with Gasteiger partial charge in [0.1, 0.15) is 6.17 Å². The quantitative estimate of drug-likeness (QED) is 0.657. The lowest BCUT2D eigenvalue weighted by Gasteiger charge is -2.18. The van der Waals surface area contributed by atoms with E-state index < -0.39 is 6.17 Å². The molecular formula is C9H17FN2. The number of hydrogen-bond donors (Lipinski definition) is 1. The maximum Gasteiger partial charge on any atom is 0.114 e. The average Bonchev–Trinajstić information content (AvgIpc) is 2.63. The zero-order chi connectivity index (χ0) is 8.39. The van der Waals surface area contributed by atoms with E-state index in [-0.39, 0.29) is 0 Å². The van der Waals surface area contributed by atoms with Gasteiger partial charge in [-0.05, 0) is 31.8 Å². The highest BCUT2D eigenvalue weighted by Crippen LogP contribution is 2.16. The molecular weight excluding hydrogens is 155 g/mol. The van der Waals surface area contributed by atoms with Crippen molar-refractivity contribution in [3.8, 4) is 0 Å². The number of alkyl halides is 1. The van der Waals surface area contributed by atoms with Crippen LogP contribution in [0.1, 0.15) is 12.8 Å². The molecule has 2 fully saturated rings. The van der Waals surface area contributed by atoms with Gasteiger partial charge in [-0.15, -0.1) is 0 Å². The van der Waals surface area contributed by atoms with Gasteiger partial charge < -0.3 is 10.2 Å². The Morgan fingerprint density at radius 3 is 2.92 bits per heavy atom. The van der Waals surface area contributed by atoms with Gasteiger partial charge in [0, 0.05) is 19.6 Å². The van der Waals surface area contributed by atoms with Gasteiger partial charge in [0.2, 0.25) is 0 Å². The Kier molecular flexibility index (Phi) is 2.61. The Balaban J connectivity index is 1.72. The monoisotopic (exact) mass is 172 g/mol. The van der Waals surface area contributed by atoms with Gasteiger partial charge in [-0.1, -0.05) is 0 Å². The van der Waals surface area contributed by atoms with E-state index in [0.717, 1.165) is 38.5 Å². The number of nitrogens with zero attached hydrogens (tertiary/aromatic N) is 1. The van der Waals surface area contributed by atoms with Crippen LogP contribution in [0.15, 0.2) is 0 Å². The third-order valence-corrected chi connectivity index (χ3v) is 2.89. The van der Waals surface area contributed by atoms with Crippen molar-refractivity contribution < 1.29 is 4.39 Å². The summed E-state index contributed by atoms with van der Waals surface area (Å²) in [6.07, 6.45) is 1.47. The molecule has 0 bridgehead atoms. The van der Waals surface area contributed by atoms with Crippen LogP contribution in [0.2, 0.25) is 0 Å². The van der Waals surface area contributed by atoms with Gasteiger partial charge in [0.05, 0.1) is 0 Å². The molecule has 0 unspecified atom stereocenters. The van der Waals surface area contributed by atoms with Crippen LogP contribution in [-0.4, -0.2) is 43.8 Å². The predicted molar refractivity (Wildman–Crippen MR) is 46.9 cm³/mol. The van der Waals surface area contributed by atoms with E-state index >= 15 is 0 Å². The predicted octanol–water partition coefficient (Wildman–Crippen LogP) is 0.640. The minimum Gasteiger partial charge on any atom is -0.316 e. The SMILES string of the molecule is F[C@@H]1CCN(C[C@H]2CCNC2)C1. The number of likely N-dealkylation sites (tertiary alicyclic amines) is 1. The van der Waals surface area contributed by atoms with E-state index in [2.05, 4.69) is 10.2 Å². The van der Waals surface area contributed by atoms with Crippen LogP contribution < -0.4 is 5.32 Å². The summed E-state index contributed by atoms with van der Waals surface area (Å²) in [5.41, 5.74) is 0. The first-order valence-electron chi connectivity index (χ1n) is 4.92. The fourth-order valence-electron chi connectivity index (χ4n) is 2.19. The van der Waals surface area contributed by atoms with Crippen molar-refractivity contribution in [2.75, 3.05) is 32.7 Å². The second-order valence-electron chi connectivity index (χ2n) is 4.00. The van der Waals surface area contributed by atoms with Crippen LogP contribution in [0.5, 0.6) is 0 Å². The van der Waals surface area contributed by atoms with Crippen molar-refractivity contribution in [3.05, 3.63) is 0 Å². The fraction of sp³-hybridized carbons (Fsp3) is 1.00. The molecule has 70 valence electrons. The van der Waals surface area contributed by atoms with E-state index in [1.807, 2.05) is 0 Å². The smallest absolute Gasteiger partial charge is 0.114 e. The number of halogens is 1. The standard InChI is InChI=1S/C9H17FN2/c10-9-2-4-12(7-9)6-8-1-3-11-5-8/h8-9,11H,1-7H2/t8-,9+/m0/s1. The Bertz CT molecular complexity index is 145. The zero-order valence-electron chi connectivity index (χ0n) is 7.43. The van der Waals surface area contributed by atoms with Crippen LogP contribution >= 0.6 is 0 Å². The maximum atomic E-state index is 12.8. The summed E-state index contributed by atoms with van der Waals surface area (Å²) in [7, 11) is 0. The molecule has 2 saturated heterocycles. The van der Waals surface area contributed by atoms with E-state index in [1.165, 1.54) is 6.42 Å². The Morgan fingerprint density at radius 1 is 1.42 bits per heavy atom. The summed E-state index contributed by atoms with van der Waals surface area (Å²) in [5, 5.41) is 3.34. The maximum absolute atomic E-state index is 12.8. The summed E-state index contributed by atoms with van der Waals surface area (Å²) in [6.45, 7) is 5.03. The summed E-state index contributed by atoms with van der Waals surface area (Å²) >= 11 is 0. The van der Waals surface area contributed by atoms with E-state index in [4.69, 9.17) is 0 Å². The van der Waals surface area contributed by atoms with E-state index in [1.54, 1.807) is 0 Å². The van der Waals surface area contributed by atoms with Crippen LogP contribution in [0.4, 0.5) is 4.39 Å².